The van der Waals surface area contributed by atoms with Crippen molar-refractivity contribution in [2.75, 3.05) is 0 Å². The fourth-order valence-corrected chi connectivity index (χ4v) is 1.71. The third-order valence-corrected chi connectivity index (χ3v) is 2.99. The van der Waals surface area contributed by atoms with Crippen molar-refractivity contribution in [3.8, 4) is 5.75 Å². The lowest BCUT2D eigenvalue weighted by molar-refractivity contribution is -0.0500. The van der Waals surface area contributed by atoms with E-state index in [1.165, 1.54) is 12.1 Å². The van der Waals surface area contributed by atoms with E-state index in [1.807, 2.05) is 0 Å². The predicted molar refractivity (Wildman–Crippen MR) is 53.9 cm³/mol. The molecular formula is C9H6F3NO3S. The molecular weight excluding hydrogens is 259 g/mol. The van der Waals surface area contributed by atoms with Crippen LogP contribution in [0.5, 0.6) is 5.75 Å². The number of halogens is 3. The number of aromatic amines is 1. The molecule has 0 spiro atoms. The molecule has 0 aliphatic rings. The van der Waals surface area contributed by atoms with E-state index in [0.29, 0.717) is 10.9 Å². The van der Waals surface area contributed by atoms with Gasteiger partial charge in [0.2, 0.25) is 0 Å². The van der Waals surface area contributed by atoms with E-state index in [1.54, 1.807) is 12.3 Å². The number of fused-ring (bicyclic) bond motifs is 1. The Kier molecular flexibility index (Phi) is 2.53. The van der Waals surface area contributed by atoms with E-state index in [4.69, 9.17) is 0 Å². The topological polar surface area (TPSA) is 59.2 Å². The summed E-state index contributed by atoms with van der Waals surface area (Å²) in [6, 6.07) is 5.36. The summed E-state index contributed by atoms with van der Waals surface area (Å²) in [6.45, 7) is 0. The molecule has 1 aromatic heterocycles. The lowest BCUT2D eigenvalue weighted by Crippen LogP contribution is -2.28. The molecule has 0 radical (unpaired) electrons. The highest BCUT2D eigenvalue weighted by Crippen LogP contribution is 2.28. The van der Waals surface area contributed by atoms with Gasteiger partial charge >= 0.3 is 15.6 Å². The Morgan fingerprint density at radius 1 is 1.18 bits per heavy atom. The van der Waals surface area contributed by atoms with Gasteiger partial charge in [-0.3, -0.25) is 0 Å². The van der Waals surface area contributed by atoms with Gasteiger partial charge in [0.15, 0.2) is 0 Å². The smallest absolute Gasteiger partial charge is 0.376 e. The van der Waals surface area contributed by atoms with Crippen LogP contribution in [0.3, 0.4) is 0 Å². The largest absolute Gasteiger partial charge is 0.534 e. The Morgan fingerprint density at radius 2 is 1.88 bits per heavy atom. The summed E-state index contributed by atoms with van der Waals surface area (Å²) in [4.78, 5) is 2.81. The molecule has 0 saturated heterocycles. The van der Waals surface area contributed by atoms with E-state index >= 15 is 0 Å². The number of hydrogen-bond acceptors (Lipinski definition) is 3. The fraction of sp³-hybridized carbons (Fsp3) is 0.111. The van der Waals surface area contributed by atoms with Crippen molar-refractivity contribution >= 4 is 21.0 Å². The Hall–Kier alpha value is -1.70. The second-order valence-electron chi connectivity index (χ2n) is 3.21. The molecule has 0 unspecified atom stereocenters. The minimum Gasteiger partial charge on any atom is -0.376 e. The summed E-state index contributed by atoms with van der Waals surface area (Å²) in [5.41, 5.74) is -4.76. The van der Waals surface area contributed by atoms with E-state index in [0.717, 1.165) is 6.07 Å². The summed E-state index contributed by atoms with van der Waals surface area (Å²) in [6.07, 6.45) is 1.58. The molecule has 1 heterocycles. The lowest BCUT2D eigenvalue weighted by Gasteiger charge is -2.09. The van der Waals surface area contributed by atoms with Crippen LogP contribution >= 0.6 is 0 Å². The molecule has 0 amide bonds. The number of alkyl halides is 3. The number of rotatable bonds is 2. The van der Waals surface area contributed by atoms with Crippen molar-refractivity contribution in [1.29, 1.82) is 0 Å². The van der Waals surface area contributed by atoms with E-state index in [-0.39, 0.29) is 5.75 Å². The summed E-state index contributed by atoms with van der Waals surface area (Å²) >= 11 is 0. The van der Waals surface area contributed by atoms with E-state index in [9.17, 15) is 21.6 Å². The second kappa shape index (κ2) is 3.66. The molecule has 1 aromatic carbocycles. The van der Waals surface area contributed by atoms with Crippen LogP contribution in [0, 0.1) is 0 Å². The van der Waals surface area contributed by atoms with Crippen molar-refractivity contribution in [3.63, 3.8) is 0 Å². The third-order valence-electron chi connectivity index (χ3n) is 2.01. The molecule has 4 nitrogen and oxygen atoms in total. The Morgan fingerprint density at radius 3 is 2.53 bits per heavy atom. The van der Waals surface area contributed by atoms with Crippen LogP contribution in [-0.4, -0.2) is 18.9 Å². The first kappa shape index (κ1) is 11.8. The van der Waals surface area contributed by atoms with Gasteiger partial charge in [-0.1, -0.05) is 0 Å². The zero-order chi connectivity index (χ0) is 12.7. The molecule has 0 saturated carbocycles. The third kappa shape index (κ3) is 2.21. The monoisotopic (exact) mass is 265 g/mol. The first-order valence-electron chi connectivity index (χ1n) is 4.37. The van der Waals surface area contributed by atoms with Gasteiger partial charge in [-0.05, 0) is 24.3 Å². The Bertz CT molecular complexity index is 645. The molecule has 8 heteroatoms. The molecule has 0 aliphatic carbocycles. The Labute approximate surface area is 94.1 Å². The molecule has 92 valence electrons. The van der Waals surface area contributed by atoms with E-state index < -0.39 is 15.6 Å². The number of aromatic nitrogens is 1. The number of nitrogens with one attached hydrogen (secondary N) is 1. The second-order valence-corrected chi connectivity index (χ2v) is 4.75. The minimum atomic E-state index is -5.61. The van der Waals surface area contributed by atoms with Crippen LogP contribution in [0.2, 0.25) is 0 Å². The van der Waals surface area contributed by atoms with Gasteiger partial charge in [-0.25, -0.2) is 0 Å². The number of benzene rings is 1. The lowest BCUT2D eigenvalue weighted by atomic mass is 10.2. The van der Waals surface area contributed by atoms with Crippen LogP contribution in [-0.2, 0) is 10.1 Å². The van der Waals surface area contributed by atoms with Gasteiger partial charge < -0.3 is 9.17 Å². The number of H-pyrrole nitrogens is 1. The molecule has 2 rings (SSSR count). The van der Waals surface area contributed by atoms with Crippen molar-refractivity contribution < 1.29 is 25.8 Å². The Balaban J connectivity index is 2.36. The van der Waals surface area contributed by atoms with E-state index in [2.05, 4.69) is 9.17 Å². The predicted octanol–water partition coefficient (Wildman–Crippen LogP) is 2.40. The molecule has 0 fully saturated rings. The molecule has 0 aliphatic heterocycles. The van der Waals surface area contributed by atoms with Gasteiger partial charge in [-0.2, -0.15) is 21.6 Å². The zero-order valence-corrected chi connectivity index (χ0v) is 8.97. The highest BCUT2D eigenvalue weighted by atomic mass is 32.2. The summed E-state index contributed by atoms with van der Waals surface area (Å²) in [5.74, 6) is -0.380. The highest BCUT2D eigenvalue weighted by Gasteiger charge is 2.48. The molecule has 17 heavy (non-hydrogen) atoms. The quantitative estimate of drug-likeness (QED) is 0.670. The summed E-state index contributed by atoms with van der Waals surface area (Å²) in [5, 5.41) is 0.555. The first-order valence-corrected chi connectivity index (χ1v) is 5.78. The maximum absolute atomic E-state index is 12.1. The van der Waals surface area contributed by atoms with Crippen molar-refractivity contribution in [2.45, 2.75) is 5.51 Å². The van der Waals surface area contributed by atoms with Crippen molar-refractivity contribution in [3.05, 3.63) is 30.5 Å². The maximum Gasteiger partial charge on any atom is 0.534 e. The molecule has 0 atom stereocenters. The van der Waals surface area contributed by atoms with Crippen LogP contribution in [0.1, 0.15) is 0 Å². The first-order chi connectivity index (χ1) is 7.79. The standard InChI is InChI=1S/C9H6F3NO3S/c10-9(11,12)17(14,15)16-7-1-2-8-6(5-7)3-4-13-8/h1-5,13H. The van der Waals surface area contributed by atoms with Crippen molar-refractivity contribution in [2.24, 2.45) is 0 Å². The van der Waals surface area contributed by atoms with Gasteiger partial charge in [0.25, 0.3) is 0 Å². The van der Waals surface area contributed by atoms with Gasteiger partial charge in [-0.15, -0.1) is 0 Å². The highest BCUT2D eigenvalue weighted by molar-refractivity contribution is 7.88. The van der Waals surface area contributed by atoms with Gasteiger partial charge in [0, 0.05) is 17.1 Å². The summed E-state index contributed by atoms with van der Waals surface area (Å²) < 4.78 is 61.6. The molecule has 2 aromatic rings. The zero-order valence-electron chi connectivity index (χ0n) is 8.15. The average Bonchev–Trinajstić information content (AvgIpc) is 2.62. The fourth-order valence-electron chi connectivity index (χ4n) is 1.26. The SMILES string of the molecule is O=S(=O)(Oc1ccc2[nH]ccc2c1)C(F)(F)F. The molecule has 0 bridgehead atoms. The van der Waals surface area contributed by atoms with Crippen LogP contribution in [0.15, 0.2) is 30.5 Å². The summed E-state index contributed by atoms with van der Waals surface area (Å²) in [7, 11) is -5.61. The number of hydrogen-bond donors (Lipinski definition) is 1. The average molecular weight is 265 g/mol. The van der Waals surface area contributed by atoms with Gasteiger partial charge in [0.1, 0.15) is 5.75 Å². The van der Waals surface area contributed by atoms with Gasteiger partial charge in [0.05, 0.1) is 0 Å². The van der Waals surface area contributed by atoms with Crippen LogP contribution in [0.25, 0.3) is 10.9 Å². The van der Waals surface area contributed by atoms with Crippen LogP contribution in [0.4, 0.5) is 13.2 Å². The minimum absolute atomic E-state index is 0.380. The maximum atomic E-state index is 12.1. The van der Waals surface area contributed by atoms with Crippen LogP contribution < -0.4 is 4.18 Å². The normalized spacial score (nSPS) is 12.9. The van der Waals surface area contributed by atoms with Crippen molar-refractivity contribution in [1.82, 2.24) is 4.98 Å². The molecule has 1 N–H and O–H groups in total.